The Morgan fingerprint density at radius 2 is 1.48 bits per heavy atom. The second-order valence-corrected chi connectivity index (χ2v) is 7.15. The first-order chi connectivity index (χ1) is 13.1. The van der Waals surface area contributed by atoms with Gasteiger partial charge in [-0.05, 0) is 36.6 Å². The van der Waals surface area contributed by atoms with Crippen molar-refractivity contribution >= 4 is 17.7 Å². The van der Waals surface area contributed by atoms with Gasteiger partial charge < -0.3 is 4.90 Å². The van der Waals surface area contributed by atoms with Crippen molar-refractivity contribution in [2.75, 3.05) is 13.1 Å². The number of benzene rings is 2. The molecule has 1 saturated heterocycles. The highest BCUT2D eigenvalue weighted by Gasteiger charge is 2.36. The number of likely N-dealkylation sites (tertiary alicyclic amines) is 1. The van der Waals surface area contributed by atoms with Crippen molar-refractivity contribution in [1.82, 2.24) is 9.80 Å². The van der Waals surface area contributed by atoms with E-state index in [4.69, 9.17) is 0 Å². The third kappa shape index (κ3) is 3.37. The van der Waals surface area contributed by atoms with E-state index in [-0.39, 0.29) is 24.3 Å². The van der Waals surface area contributed by atoms with E-state index in [0.29, 0.717) is 16.7 Å². The molecule has 5 heteroatoms. The molecule has 0 spiro atoms. The van der Waals surface area contributed by atoms with Gasteiger partial charge in [0.25, 0.3) is 17.7 Å². The van der Waals surface area contributed by atoms with Gasteiger partial charge in [0.05, 0.1) is 17.7 Å². The number of carbonyl (C=O) groups excluding carboxylic acids is 3. The van der Waals surface area contributed by atoms with Crippen molar-refractivity contribution in [3.05, 3.63) is 70.8 Å². The molecule has 2 aliphatic rings. The van der Waals surface area contributed by atoms with Crippen LogP contribution in [0.15, 0.2) is 48.5 Å². The third-order valence-electron chi connectivity index (χ3n) is 5.29. The molecule has 0 saturated carbocycles. The summed E-state index contributed by atoms with van der Waals surface area (Å²) in [4.78, 5) is 41.4. The second kappa shape index (κ2) is 7.35. The van der Waals surface area contributed by atoms with Crippen LogP contribution in [0.2, 0.25) is 0 Å². The van der Waals surface area contributed by atoms with Crippen LogP contribution in [0.3, 0.4) is 0 Å². The summed E-state index contributed by atoms with van der Waals surface area (Å²) in [6, 6.07) is 14.3. The van der Waals surface area contributed by atoms with Crippen LogP contribution in [-0.2, 0) is 6.54 Å². The third-order valence-corrected chi connectivity index (χ3v) is 5.29. The van der Waals surface area contributed by atoms with Gasteiger partial charge in [-0.3, -0.25) is 19.3 Å². The topological polar surface area (TPSA) is 57.7 Å². The fraction of sp³-hybridized carbons (Fsp3) is 0.318. The standard InChI is InChI=1S/C22H22N2O3/c25-20(23-12-6-1-2-7-13-23)17-10-11-18-19(14-17)22(27)24(21(18)26)15-16-8-4-3-5-9-16/h3-5,8-11,14H,1-2,6-7,12-13,15H2. The Kier molecular flexibility index (Phi) is 4.75. The molecule has 0 bridgehead atoms. The van der Waals surface area contributed by atoms with Crippen molar-refractivity contribution in [2.45, 2.75) is 32.2 Å². The average Bonchev–Trinajstić information content (AvgIpc) is 2.91. The molecule has 2 aromatic rings. The number of fused-ring (bicyclic) bond motifs is 1. The maximum atomic E-state index is 12.8. The summed E-state index contributed by atoms with van der Waals surface area (Å²) in [5.41, 5.74) is 2.09. The minimum atomic E-state index is -0.329. The summed E-state index contributed by atoms with van der Waals surface area (Å²) in [6.07, 6.45) is 4.32. The van der Waals surface area contributed by atoms with Gasteiger partial charge in [-0.15, -0.1) is 0 Å². The van der Waals surface area contributed by atoms with E-state index in [1.54, 1.807) is 18.2 Å². The van der Waals surface area contributed by atoms with E-state index in [9.17, 15) is 14.4 Å². The molecular formula is C22H22N2O3. The lowest BCUT2D eigenvalue weighted by Gasteiger charge is -2.20. The van der Waals surface area contributed by atoms with Gasteiger partial charge in [0, 0.05) is 18.7 Å². The average molecular weight is 362 g/mol. The summed E-state index contributed by atoms with van der Waals surface area (Å²) < 4.78 is 0. The number of imide groups is 1. The predicted molar refractivity (Wildman–Crippen MR) is 101 cm³/mol. The Bertz CT molecular complexity index is 884. The van der Waals surface area contributed by atoms with E-state index in [0.717, 1.165) is 44.3 Å². The summed E-state index contributed by atoms with van der Waals surface area (Å²) in [5.74, 6) is -0.682. The molecule has 27 heavy (non-hydrogen) atoms. The monoisotopic (exact) mass is 362 g/mol. The molecule has 1 fully saturated rings. The number of rotatable bonds is 3. The zero-order chi connectivity index (χ0) is 18.8. The summed E-state index contributed by atoms with van der Waals surface area (Å²) in [7, 11) is 0. The first-order valence-corrected chi connectivity index (χ1v) is 9.48. The maximum absolute atomic E-state index is 12.8. The van der Waals surface area contributed by atoms with Crippen LogP contribution >= 0.6 is 0 Å². The van der Waals surface area contributed by atoms with Gasteiger partial charge in [0.2, 0.25) is 0 Å². The van der Waals surface area contributed by atoms with E-state index < -0.39 is 0 Å². The summed E-state index contributed by atoms with van der Waals surface area (Å²) >= 11 is 0. The van der Waals surface area contributed by atoms with Gasteiger partial charge in [-0.25, -0.2) is 0 Å². The van der Waals surface area contributed by atoms with Crippen LogP contribution in [0.4, 0.5) is 0 Å². The van der Waals surface area contributed by atoms with Crippen molar-refractivity contribution in [3.63, 3.8) is 0 Å². The molecule has 0 N–H and O–H groups in total. The molecule has 0 atom stereocenters. The van der Waals surface area contributed by atoms with Gasteiger partial charge in [-0.1, -0.05) is 43.2 Å². The molecule has 2 heterocycles. The highest BCUT2D eigenvalue weighted by Crippen LogP contribution is 2.26. The minimum absolute atomic E-state index is 0.0542. The molecule has 0 aromatic heterocycles. The zero-order valence-electron chi connectivity index (χ0n) is 15.2. The van der Waals surface area contributed by atoms with Crippen molar-refractivity contribution in [2.24, 2.45) is 0 Å². The number of hydrogen-bond donors (Lipinski definition) is 0. The zero-order valence-corrected chi connectivity index (χ0v) is 15.2. The van der Waals surface area contributed by atoms with Crippen LogP contribution in [-0.4, -0.2) is 40.6 Å². The minimum Gasteiger partial charge on any atom is -0.339 e. The number of hydrogen-bond acceptors (Lipinski definition) is 3. The molecule has 138 valence electrons. The van der Waals surface area contributed by atoms with Gasteiger partial charge in [-0.2, -0.15) is 0 Å². The molecule has 0 aliphatic carbocycles. The Hall–Kier alpha value is -2.95. The number of amides is 3. The van der Waals surface area contributed by atoms with E-state index in [1.165, 1.54) is 4.90 Å². The second-order valence-electron chi connectivity index (χ2n) is 7.15. The van der Waals surface area contributed by atoms with Crippen molar-refractivity contribution in [3.8, 4) is 0 Å². The van der Waals surface area contributed by atoms with Crippen LogP contribution in [0.5, 0.6) is 0 Å². The first-order valence-electron chi connectivity index (χ1n) is 9.48. The van der Waals surface area contributed by atoms with Crippen LogP contribution in [0, 0.1) is 0 Å². The van der Waals surface area contributed by atoms with Gasteiger partial charge >= 0.3 is 0 Å². The molecule has 0 unspecified atom stereocenters. The molecular weight excluding hydrogens is 340 g/mol. The first kappa shape index (κ1) is 17.5. The summed E-state index contributed by atoms with van der Waals surface area (Å²) in [6.45, 7) is 1.74. The molecule has 3 amide bonds. The lowest BCUT2D eigenvalue weighted by Crippen LogP contribution is -2.32. The van der Waals surface area contributed by atoms with E-state index in [1.807, 2.05) is 35.2 Å². The fourth-order valence-electron chi connectivity index (χ4n) is 3.79. The van der Waals surface area contributed by atoms with Crippen LogP contribution in [0.25, 0.3) is 0 Å². The molecule has 4 rings (SSSR count). The fourth-order valence-corrected chi connectivity index (χ4v) is 3.79. The lowest BCUT2D eigenvalue weighted by molar-refractivity contribution is 0.0642. The lowest BCUT2D eigenvalue weighted by atomic mass is 10.0. The van der Waals surface area contributed by atoms with Crippen molar-refractivity contribution in [1.29, 1.82) is 0 Å². The Labute approximate surface area is 158 Å². The molecule has 0 radical (unpaired) electrons. The van der Waals surface area contributed by atoms with Crippen molar-refractivity contribution < 1.29 is 14.4 Å². The quantitative estimate of drug-likeness (QED) is 0.785. The smallest absolute Gasteiger partial charge is 0.261 e. The Balaban J connectivity index is 1.57. The predicted octanol–water partition coefficient (Wildman–Crippen LogP) is 3.50. The van der Waals surface area contributed by atoms with Gasteiger partial charge in [0.15, 0.2) is 0 Å². The van der Waals surface area contributed by atoms with E-state index in [2.05, 4.69) is 0 Å². The Morgan fingerprint density at radius 1 is 0.815 bits per heavy atom. The largest absolute Gasteiger partial charge is 0.339 e. The molecule has 2 aliphatic heterocycles. The van der Waals surface area contributed by atoms with E-state index >= 15 is 0 Å². The van der Waals surface area contributed by atoms with Gasteiger partial charge in [0.1, 0.15) is 0 Å². The Morgan fingerprint density at radius 3 is 2.19 bits per heavy atom. The maximum Gasteiger partial charge on any atom is 0.261 e. The molecule has 5 nitrogen and oxygen atoms in total. The normalized spacial score (nSPS) is 17.0. The SMILES string of the molecule is O=C(c1ccc2c(c1)C(=O)N(Cc1ccccc1)C2=O)N1CCCCCC1. The highest BCUT2D eigenvalue weighted by molar-refractivity contribution is 6.22. The summed E-state index contributed by atoms with van der Waals surface area (Å²) in [5, 5.41) is 0. The number of carbonyl (C=O) groups is 3. The number of nitrogens with zero attached hydrogens (tertiary/aromatic N) is 2. The highest BCUT2D eigenvalue weighted by atomic mass is 16.2. The molecule has 2 aromatic carbocycles. The van der Waals surface area contributed by atoms with Crippen LogP contribution < -0.4 is 0 Å². The van der Waals surface area contributed by atoms with Crippen LogP contribution in [0.1, 0.15) is 62.3 Å².